The Bertz CT molecular complexity index is 482. The first-order valence-corrected chi connectivity index (χ1v) is 7.74. The molecule has 1 N–H and O–H groups in total. The van der Waals surface area contributed by atoms with Crippen molar-refractivity contribution in [2.75, 3.05) is 33.0 Å². The van der Waals surface area contributed by atoms with Gasteiger partial charge in [0.1, 0.15) is 12.2 Å². The first kappa shape index (κ1) is 24.0. The Kier molecular flexibility index (Phi) is 10.7. The SMILES string of the molecule is C#CCCOCC(COCC(=O)OCC(F)(F)F)NC(=O)OC(C)(C)C. The number of alkyl carbamates (subject to hydrolysis) is 1. The smallest absolute Gasteiger partial charge is 0.422 e. The molecule has 1 unspecified atom stereocenters. The Morgan fingerprint density at radius 1 is 1.15 bits per heavy atom. The van der Waals surface area contributed by atoms with Crippen LogP contribution in [0.3, 0.4) is 0 Å². The number of alkyl halides is 3. The maximum Gasteiger partial charge on any atom is 0.422 e. The number of nitrogens with one attached hydrogen (secondary N) is 1. The van der Waals surface area contributed by atoms with E-state index in [1.54, 1.807) is 20.8 Å². The number of carbonyl (C=O) groups is 2. The molecule has 26 heavy (non-hydrogen) atoms. The van der Waals surface area contributed by atoms with E-state index in [1.165, 1.54) is 0 Å². The van der Waals surface area contributed by atoms with Crippen LogP contribution >= 0.6 is 0 Å². The normalized spacial score (nSPS) is 12.8. The minimum absolute atomic E-state index is 0.0124. The molecule has 0 aromatic carbocycles. The second-order valence-electron chi connectivity index (χ2n) is 6.16. The fourth-order valence-electron chi connectivity index (χ4n) is 1.45. The summed E-state index contributed by atoms with van der Waals surface area (Å²) >= 11 is 0. The zero-order valence-electron chi connectivity index (χ0n) is 15.0. The topological polar surface area (TPSA) is 83.1 Å². The van der Waals surface area contributed by atoms with Crippen molar-refractivity contribution in [2.45, 2.75) is 45.0 Å². The summed E-state index contributed by atoms with van der Waals surface area (Å²) in [5.74, 6) is 1.20. The van der Waals surface area contributed by atoms with Gasteiger partial charge in [0.15, 0.2) is 6.61 Å². The Morgan fingerprint density at radius 3 is 2.31 bits per heavy atom. The number of rotatable bonds is 10. The van der Waals surface area contributed by atoms with Gasteiger partial charge >= 0.3 is 18.2 Å². The highest BCUT2D eigenvalue weighted by atomic mass is 19.4. The van der Waals surface area contributed by atoms with Gasteiger partial charge in [-0.15, -0.1) is 12.3 Å². The molecule has 0 aromatic rings. The molecule has 150 valence electrons. The van der Waals surface area contributed by atoms with Crippen LogP contribution in [0.1, 0.15) is 27.2 Å². The molecular weight excluding hydrogens is 359 g/mol. The predicted octanol–water partition coefficient (Wildman–Crippen LogP) is 2.04. The van der Waals surface area contributed by atoms with Crippen molar-refractivity contribution in [3.8, 4) is 12.3 Å². The predicted molar refractivity (Wildman–Crippen MR) is 85.3 cm³/mol. The average molecular weight is 383 g/mol. The van der Waals surface area contributed by atoms with E-state index >= 15 is 0 Å². The van der Waals surface area contributed by atoms with Crippen molar-refractivity contribution in [3.63, 3.8) is 0 Å². The number of hydrogen-bond donors (Lipinski definition) is 1. The highest BCUT2D eigenvalue weighted by Crippen LogP contribution is 2.14. The summed E-state index contributed by atoms with van der Waals surface area (Å²) in [6.07, 6.45) is 0.117. The Morgan fingerprint density at radius 2 is 1.77 bits per heavy atom. The maximum absolute atomic E-state index is 11.9. The molecule has 7 nitrogen and oxygen atoms in total. The standard InChI is InChI=1S/C16H24F3NO6/c1-5-6-7-23-8-12(20-14(22)26-15(2,3)4)9-24-10-13(21)25-11-16(17,18)19/h1,12H,6-11H2,2-4H3,(H,20,22). The molecule has 0 rings (SSSR count). The molecule has 0 bridgehead atoms. The molecule has 0 saturated heterocycles. The number of esters is 1. The van der Waals surface area contributed by atoms with Gasteiger partial charge in [0.05, 0.1) is 25.9 Å². The Labute approximate surface area is 150 Å². The summed E-state index contributed by atoms with van der Waals surface area (Å²) in [7, 11) is 0. The highest BCUT2D eigenvalue weighted by molar-refractivity contribution is 5.70. The van der Waals surface area contributed by atoms with Crippen LogP contribution < -0.4 is 5.32 Å². The van der Waals surface area contributed by atoms with Crippen molar-refractivity contribution < 1.29 is 41.7 Å². The van der Waals surface area contributed by atoms with Gasteiger partial charge < -0.3 is 24.3 Å². The van der Waals surface area contributed by atoms with Crippen LogP contribution in [-0.4, -0.2) is 62.9 Å². The van der Waals surface area contributed by atoms with Crippen LogP contribution in [0, 0.1) is 12.3 Å². The van der Waals surface area contributed by atoms with Gasteiger partial charge in [-0.2, -0.15) is 13.2 Å². The summed E-state index contributed by atoms with van der Waals surface area (Å²) in [6, 6.07) is -0.696. The second-order valence-corrected chi connectivity index (χ2v) is 6.16. The third-order valence-corrected chi connectivity index (χ3v) is 2.37. The largest absolute Gasteiger partial charge is 0.454 e. The first-order chi connectivity index (χ1) is 11.9. The third-order valence-electron chi connectivity index (χ3n) is 2.37. The van der Waals surface area contributed by atoms with E-state index in [1.807, 2.05) is 0 Å². The van der Waals surface area contributed by atoms with E-state index in [-0.39, 0.29) is 19.8 Å². The van der Waals surface area contributed by atoms with Crippen LogP contribution in [-0.2, 0) is 23.7 Å². The lowest BCUT2D eigenvalue weighted by atomic mass is 10.2. The van der Waals surface area contributed by atoms with Gasteiger partial charge in [0, 0.05) is 6.42 Å². The highest BCUT2D eigenvalue weighted by Gasteiger charge is 2.29. The van der Waals surface area contributed by atoms with E-state index in [2.05, 4.69) is 16.0 Å². The summed E-state index contributed by atoms with van der Waals surface area (Å²) in [4.78, 5) is 22.9. The fraction of sp³-hybridized carbons (Fsp3) is 0.750. The molecule has 1 atom stereocenters. The van der Waals surface area contributed by atoms with E-state index in [4.69, 9.17) is 20.6 Å². The van der Waals surface area contributed by atoms with Crippen LogP contribution in [0.2, 0.25) is 0 Å². The van der Waals surface area contributed by atoms with Crippen LogP contribution in [0.25, 0.3) is 0 Å². The number of amides is 1. The minimum Gasteiger partial charge on any atom is -0.454 e. The zero-order chi connectivity index (χ0) is 20.2. The summed E-state index contributed by atoms with van der Waals surface area (Å²) in [5.41, 5.74) is -0.721. The first-order valence-electron chi connectivity index (χ1n) is 7.74. The van der Waals surface area contributed by atoms with Crippen LogP contribution in [0.5, 0.6) is 0 Å². The van der Waals surface area contributed by atoms with Crippen molar-refractivity contribution in [1.82, 2.24) is 5.32 Å². The average Bonchev–Trinajstić information content (AvgIpc) is 2.46. The molecule has 0 aliphatic rings. The van der Waals surface area contributed by atoms with E-state index in [0.29, 0.717) is 6.42 Å². The number of halogens is 3. The molecule has 0 heterocycles. The zero-order valence-corrected chi connectivity index (χ0v) is 15.0. The quantitative estimate of drug-likeness (QED) is 0.353. The lowest BCUT2D eigenvalue weighted by Crippen LogP contribution is -2.44. The fourth-order valence-corrected chi connectivity index (χ4v) is 1.45. The Hall–Kier alpha value is -1.99. The van der Waals surface area contributed by atoms with E-state index < -0.39 is 43.1 Å². The van der Waals surface area contributed by atoms with Crippen molar-refractivity contribution in [2.24, 2.45) is 0 Å². The van der Waals surface area contributed by atoms with Gasteiger partial charge in [-0.05, 0) is 20.8 Å². The van der Waals surface area contributed by atoms with Crippen molar-refractivity contribution in [3.05, 3.63) is 0 Å². The second kappa shape index (κ2) is 11.6. The van der Waals surface area contributed by atoms with Gasteiger partial charge in [-0.1, -0.05) is 0 Å². The van der Waals surface area contributed by atoms with Gasteiger partial charge in [0.2, 0.25) is 0 Å². The molecular formula is C16H24F3NO6. The molecule has 0 fully saturated rings. The van der Waals surface area contributed by atoms with Gasteiger partial charge in [-0.3, -0.25) is 0 Å². The number of ether oxygens (including phenoxy) is 4. The van der Waals surface area contributed by atoms with Crippen molar-refractivity contribution in [1.29, 1.82) is 0 Å². The van der Waals surface area contributed by atoms with E-state index in [0.717, 1.165) is 0 Å². The summed E-state index contributed by atoms with van der Waals surface area (Å²) < 4.78 is 55.1. The molecule has 1 amide bonds. The minimum atomic E-state index is -4.61. The van der Waals surface area contributed by atoms with Crippen molar-refractivity contribution >= 4 is 12.1 Å². The molecule has 0 spiro atoms. The molecule has 0 saturated carbocycles. The molecule has 0 aliphatic heterocycles. The molecule has 0 aliphatic carbocycles. The molecule has 0 radical (unpaired) electrons. The van der Waals surface area contributed by atoms with Gasteiger partial charge in [-0.25, -0.2) is 9.59 Å². The van der Waals surface area contributed by atoms with Gasteiger partial charge in [0.25, 0.3) is 0 Å². The lowest BCUT2D eigenvalue weighted by molar-refractivity contribution is -0.189. The number of carbonyl (C=O) groups excluding carboxylic acids is 2. The van der Waals surface area contributed by atoms with Crippen LogP contribution in [0.4, 0.5) is 18.0 Å². The monoisotopic (exact) mass is 383 g/mol. The van der Waals surface area contributed by atoms with E-state index in [9.17, 15) is 22.8 Å². The lowest BCUT2D eigenvalue weighted by Gasteiger charge is -2.23. The number of terminal acetylenes is 1. The summed E-state index contributed by atoms with van der Waals surface area (Å²) in [5, 5.41) is 2.49. The number of hydrogen-bond acceptors (Lipinski definition) is 6. The molecule has 0 aromatic heterocycles. The summed E-state index contributed by atoms with van der Waals surface area (Å²) in [6.45, 7) is 2.71. The maximum atomic E-state index is 11.9. The third kappa shape index (κ3) is 15.5. The Balaban J connectivity index is 4.36. The molecule has 10 heteroatoms. The van der Waals surface area contributed by atoms with Crippen LogP contribution in [0.15, 0.2) is 0 Å².